The highest BCUT2D eigenvalue weighted by Gasteiger charge is 2.24. The number of ether oxygens (including phenoxy) is 1. The SMILES string of the molecule is COc1ccc(N=C2NC(=O)/C(=C/c3cc(F)c(N4CCCC4)cc3C)S2)cc1. The average molecular weight is 412 g/mol. The lowest BCUT2D eigenvalue weighted by Crippen LogP contribution is -2.19. The molecule has 0 saturated carbocycles. The van der Waals surface area contributed by atoms with Crippen LogP contribution in [0.2, 0.25) is 0 Å². The van der Waals surface area contributed by atoms with Crippen LogP contribution in [0.1, 0.15) is 24.0 Å². The standard InChI is InChI=1S/C22H22FN3O2S/c1-14-11-19(26-9-3-4-10-26)18(23)12-15(14)13-20-21(27)25-22(29-20)24-16-5-7-17(28-2)8-6-16/h5-8,11-13H,3-4,9-10H2,1-2H3,(H,24,25,27)/b20-13-. The zero-order valence-electron chi connectivity index (χ0n) is 16.4. The van der Waals surface area contributed by atoms with Crippen LogP contribution in [0.3, 0.4) is 0 Å². The third-order valence-corrected chi connectivity index (χ3v) is 5.93. The highest BCUT2D eigenvalue weighted by atomic mass is 32.2. The van der Waals surface area contributed by atoms with Gasteiger partial charge in [0, 0.05) is 13.1 Å². The van der Waals surface area contributed by atoms with Crippen molar-refractivity contribution < 1.29 is 13.9 Å². The minimum Gasteiger partial charge on any atom is -0.497 e. The molecule has 2 aromatic carbocycles. The number of anilines is 1. The molecule has 0 spiro atoms. The van der Waals surface area contributed by atoms with E-state index in [1.807, 2.05) is 37.3 Å². The van der Waals surface area contributed by atoms with Crippen molar-refractivity contribution in [3.05, 3.63) is 58.2 Å². The number of carbonyl (C=O) groups is 1. The molecule has 2 saturated heterocycles. The second-order valence-corrected chi connectivity index (χ2v) is 8.06. The fourth-order valence-electron chi connectivity index (χ4n) is 3.43. The zero-order valence-corrected chi connectivity index (χ0v) is 17.2. The fourth-order valence-corrected chi connectivity index (χ4v) is 4.27. The molecule has 2 heterocycles. The molecule has 7 heteroatoms. The van der Waals surface area contributed by atoms with Crippen molar-refractivity contribution in [2.45, 2.75) is 19.8 Å². The molecule has 0 unspecified atom stereocenters. The number of nitrogens with zero attached hydrogens (tertiary/aromatic N) is 2. The number of amides is 1. The number of thioether (sulfide) groups is 1. The third-order valence-electron chi connectivity index (χ3n) is 5.02. The van der Waals surface area contributed by atoms with E-state index in [9.17, 15) is 9.18 Å². The van der Waals surface area contributed by atoms with Crippen molar-refractivity contribution in [2.75, 3.05) is 25.1 Å². The van der Waals surface area contributed by atoms with Crippen LogP contribution in [0.4, 0.5) is 15.8 Å². The monoisotopic (exact) mass is 411 g/mol. The predicted molar refractivity (Wildman–Crippen MR) is 116 cm³/mol. The normalized spacial score (nSPS) is 19.3. The predicted octanol–water partition coefficient (Wildman–Crippen LogP) is 4.63. The molecule has 0 bridgehead atoms. The minimum atomic E-state index is -0.250. The summed E-state index contributed by atoms with van der Waals surface area (Å²) in [6, 6.07) is 10.6. The van der Waals surface area contributed by atoms with Crippen molar-refractivity contribution >= 4 is 40.3 Å². The number of halogens is 1. The maximum Gasteiger partial charge on any atom is 0.264 e. The Kier molecular flexibility index (Phi) is 5.58. The number of hydrogen-bond donors (Lipinski definition) is 1. The van der Waals surface area contributed by atoms with E-state index in [0.29, 0.717) is 27.0 Å². The Balaban J connectivity index is 1.55. The van der Waals surface area contributed by atoms with Crippen LogP contribution in [-0.4, -0.2) is 31.3 Å². The number of aliphatic imine (C=N–C) groups is 1. The summed E-state index contributed by atoms with van der Waals surface area (Å²) >= 11 is 1.25. The Morgan fingerprint density at radius 1 is 1.21 bits per heavy atom. The molecule has 2 aliphatic rings. The van der Waals surface area contributed by atoms with Crippen molar-refractivity contribution in [3.8, 4) is 5.75 Å². The van der Waals surface area contributed by atoms with E-state index in [0.717, 1.165) is 37.2 Å². The number of rotatable bonds is 4. The summed E-state index contributed by atoms with van der Waals surface area (Å²) in [5.41, 5.74) is 3.00. The average Bonchev–Trinajstić information content (AvgIpc) is 3.35. The smallest absolute Gasteiger partial charge is 0.264 e. The van der Waals surface area contributed by atoms with Crippen LogP contribution < -0.4 is 15.0 Å². The molecule has 2 fully saturated rings. The quantitative estimate of drug-likeness (QED) is 0.745. The molecule has 0 radical (unpaired) electrons. The van der Waals surface area contributed by atoms with Gasteiger partial charge in [0.05, 0.1) is 23.4 Å². The Labute approximate surface area is 173 Å². The second-order valence-electron chi connectivity index (χ2n) is 7.03. The first-order valence-electron chi connectivity index (χ1n) is 9.52. The number of methoxy groups -OCH3 is 1. The van der Waals surface area contributed by atoms with E-state index < -0.39 is 0 Å². The van der Waals surface area contributed by atoms with Gasteiger partial charge in [-0.2, -0.15) is 0 Å². The number of benzene rings is 2. The summed E-state index contributed by atoms with van der Waals surface area (Å²) in [5, 5.41) is 3.26. The van der Waals surface area contributed by atoms with Gasteiger partial charge in [0.1, 0.15) is 11.6 Å². The van der Waals surface area contributed by atoms with Gasteiger partial charge in [-0.15, -0.1) is 0 Å². The van der Waals surface area contributed by atoms with Crippen LogP contribution in [0.15, 0.2) is 46.3 Å². The van der Waals surface area contributed by atoms with Gasteiger partial charge in [-0.05, 0) is 85.1 Å². The molecule has 150 valence electrons. The topological polar surface area (TPSA) is 53.9 Å². The first kappa shape index (κ1) is 19.5. The summed E-state index contributed by atoms with van der Waals surface area (Å²) < 4.78 is 19.8. The number of amidine groups is 1. The lowest BCUT2D eigenvalue weighted by molar-refractivity contribution is -0.115. The maximum absolute atomic E-state index is 14.7. The summed E-state index contributed by atoms with van der Waals surface area (Å²) in [6.45, 7) is 3.72. The van der Waals surface area contributed by atoms with E-state index in [1.165, 1.54) is 17.8 Å². The van der Waals surface area contributed by atoms with Crippen LogP contribution >= 0.6 is 11.8 Å². The van der Waals surface area contributed by atoms with Gasteiger partial charge in [0.2, 0.25) is 0 Å². The highest BCUT2D eigenvalue weighted by Crippen LogP contribution is 2.32. The van der Waals surface area contributed by atoms with E-state index in [4.69, 9.17) is 4.74 Å². The van der Waals surface area contributed by atoms with Crippen molar-refractivity contribution in [2.24, 2.45) is 4.99 Å². The van der Waals surface area contributed by atoms with Gasteiger partial charge in [0.25, 0.3) is 5.91 Å². The van der Waals surface area contributed by atoms with Gasteiger partial charge in [-0.25, -0.2) is 9.38 Å². The summed E-state index contributed by atoms with van der Waals surface area (Å²) in [6.07, 6.45) is 3.91. The van der Waals surface area contributed by atoms with Crippen LogP contribution in [-0.2, 0) is 4.79 Å². The summed E-state index contributed by atoms with van der Waals surface area (Å²) in [5.74, 6) is 0.262. The van der Waals surface area contributed by atoms with E-state index in [-0.39, 0.29) is 11.7 Å². The summed E-state index contributed by atoms with van der Waals surface area (Å²) in [7, 11) is 1.60. The van der Waals surface area contributed by atoms with E-state index in [2.05, 4.69) is 15.2 Å². The van der Waals surface area contributed by atoms with Crippen molar-refractivity contribution in [1.29, 1.82) is 0 Å². The van der Waals surface area contributed by atoms with Crippen LogP contribution in [0.25, 0.3) is 6.08 Å². The maximum atomic E-state index is 14.7. The first-order valence-corrected chi connectivity index (χ1v) is 10.3. The van der Waals surface area contributed by atoms with Gasteiger partial charge in [-0.3, -0.25) is 4.79 Å². The number of hydrogen-bond acceptors (Lipinski definition) is 5. The molecular formula is C22H22FN3O2S. The van der Waals surface area contributed by atoms with Crippen LogP contribution in [0.5, 0.6) is 5.75 Å². The lowest BCUT2D eigenvalue weighted by atomic mass is 10.1. The van der Waals surface area contributed by atoms with Crippen LogP contribution in [0, 0.1) is 12.7 Å². The van der Waals surface area contributed by atoms with Gasteiger partial charge >= 0.3 is 0 Å². The van der Waals surface area contributed by atoms with E-state index in [1.54, 1.807) is 13.2 Å². The molecule has 5 nitrogen and oxygen atoms in total. The molecule has 1 amide bonds. The molecular weight excluding hydrogens is 389 g/mol. The Morgan fingerprint density at radius 2 is 1.93 bits per heavy atom. The first-order chi connectivity index (χ1) is 14.0. The highest BCUT2D eigenvalue weighted by molar-refractivity contribution is 8.18. The minimum absolute atomic E-state index is 0.231. The van der Waals surface area contributed by atoms with Gasteiger partial charge < -0.3 is 15.0 Å². The number of aryl methyl sites for hydroxylation is 1. The number of carbonyl (C=O) groups excluding carboxylic acids is 1. The second kappa shape index (κ2) is 8.29. The Bertz CT molecular complexity index is 996. The number of nitrogens with one attached hydrogen (secondary N) is 1. The van der Waals surface area contributed by atoms with Crippen molar-refractivity contribution in [1.82, 2.24) is 5.32 Å². The molecule has 1 N–H and O–H groups in total. The third kappa shape index (κ3) is 4.29. The molecule has 4 rings (SSSR count). The Hall–Kier alpha value is -2.80. The largest absolute Gasteiger partial charge is 0.497 e. The van der Waals surface area contributed by atoms with Gasteiger partial charge in [-0.1, -0.05) is 0 Å². The summed E-state index contributed by atoms with van der Waals surface area (Å²) in [4.78, 5) is 19.4. The molecule has 0 aromatic heterocycles. The molecule has 2 aliphatic heterocycles. The molecule has 0 atom stereocenters. The lowest BCUT2D eigenvalue weighted by Gasteiger charge is -2.19. The Morgan fingerprint density at radius 3 is 2.62 bits per heavy atom. The molecule has 29 heavy (non-hydrogen) atoms. The van der Waals surface area contributed by atoms with Gasteiger partial charge in [0.15, 0.2) is 5.17 Å². The van der Waals surface area contributed by atoms with Crippen molar-refractivity contribution in [3.63, 3.8) is 0 Å². The van der Waals surface area contributed by atoms with E-state index >= 15 is 0 Å². The zero-order chi connectivity index (χ0) is 20.4. The molecule has 2 aromatic rings. The molecule has 0 aliphatic carbocycles. The fraction of sp³-hybridized carbons (Fsp3) is 0.273.